The molecule has 4 nitrogen and oxygen atoms in total. The van der Waals surface area contributed by atoms with Crippen LogP contribution in [0.1, 0.15) is 39.3 Å². The molecule has 1 amide bonds. The molecule has 28 heavy (non-hydrogen) atoms. The van der Waals surface area contributed by atoms with Crippen LogP contribution < -0.4 is 10.2 Å². The highest BCUT2D eigenvalue weighted by molar-refractivity contribution is 5.89. The number of fused-ring (bicyclic) bond motifs is 1. The first kappa shape index (κ1) is 20.5. The predicted octanol–water partition coefficient (Wildman–Crippen LogP) is 4.85. The van der Waals surface area contributed by atoms with Gasteiger partial charge in [-0.2, -0.15) is 13.2 Å². The largest absolute Gasteiger partial charge is 0.493 e. The van der Waals surface area contributed by atoms with Gasteiger partial charge in [-0.15, -0.1) is 0 Å². The van der Waals surface area contributed by atoms with Gasteiger partial charge in [-0.05, 0) is 36.6 Å². The lowest BCUT2D eigenvalue weighted by Gasteiger charge is -2.32. The molecule has 2 aromatic rings. The van der Waals surface area contributed by atoms with Gasteiger partial charge in [0.2, 0.25) is 5.91 Å². The summed E-state index contributed by atoms with van der Waals surface area (Å²) in [6.45, 7) is 7.39. The summed E-state index contributed by atoms with van der Waals surface area (Å²) in [4.78, 5) is 12.2. The highest BCUT2D eigenvalue weighted by Crippen LogP contribution is 2.46. The Bertz CT molecular complexity index is 878. The van der Waals surface area contributed by atoms with Crippen LogP contribution in [0.25, 0.3) is 10.8 Å². The minimum atomic E-state index is -4.60. The lowest BCUT2D eigenvalue weighted by molar-refractivity contribution is -0.191. The van der Waals surface area contributed by atoms with Gasteiger partial charge in [0, 0.05) is 12.1 Å². The van der Waals surface area contributed by atoms with Gasteiger partial charge in [0.1, 0.15) is 5.75 Å². The Balaban J connectivity index is 2.18. The number of nitrogens with one attached hydrogen (secondary N) is 1. The van der Waals surface area contributed by atoms with Crippen LogP contribution in [0, 0.1) is 11.3 Å². The highest BCUT2D eigenvalue weighted by Gasteiger charge is 2.52. The second-order valence-electron chi connectivity index (χ2n) is 8.30. The lowest BCUT2D eigenvalue weighted by atomic mass is 9.92. The van der Waals surface area contributed by atoms with E-state index in [2.05, 4.69) is 5.43 Å². The van der Waals surface area contributed by atoms with Crippen LogP contribution in [-0.2, 0) is 4.79 Å². The van der Waals surface area contributed by atoms with Crippen LogP contribution >= 0.6 is 0 Å². The Hall–Kier alpha value is -2.28. The zero-order chi connectivity index (χ0) is 20.7. The van der Waals surface area contributed by atoms with E-state index in [0.29, 0.717) is 17.4 Å². The molecule has 0 aromatic heterocycles. The third-order valence-corrected chi connectivity index (χ3v) is 4.82. The van der Waals surface area contributed by atoms with E-state index in [1.807, 2.05) is 13.8 Å². The minimum absolute atomic E-state index is 0.0317. The smallest absolute Gasteiger partial charge is 0.410 e. The molecule has 7 heteroatoms. The van der Waals surface area contributed by atoms with E-state index in [1.165, 1.54) is 0 Å². The number of hydrogen-bond donors (Lipinski definition) is 1. The molecule has 0 saturated carbocycles. The fraction of sp³-hybridized carbons (Fsp3) is 0.476. The van der Waals surface area contributed by atoms with E-state index in [9.17, 15) is 18.0 Å². The van der Waals surface area contributed by atoms with E-state index < -0.39 is 23.5 Å². The summed E-state index contributed by atoms with van der Waals surface area (Å²) in [5.41, 5.74) is 1.55. The number of hydrogen-bond acceptors (Lipinski definition) is 3. The molecule has 0 bridgehead atoms. The second-order valence-corrected chi connectivity index (χ2v) is 8.30. The molecule has 1 atom stereocenters. The van der Waals surface area contributed by atoms with E-state index >= 15 is 0 Å². The summed E-state index contributed by atoms with van der Waals surface area (Å²) in [7, 11) is 0. The van der Waals surface area contributed by atoms with E-state index in [-0.39, 0.29) is 23.8 Å². The molecule has 1 fully saturated rings. The third-order valence-electron chi connectivity index (χ3n) is 4.82. The van der Waals surface area contributed by atoms with Gasteiger partial charge in [-0.3, -0.25) is 10.2 Å². The molecular formula is C21H25F3N2O2. The number of ether oxygens (including phenoxy) is 1. The van der Waals surface area contributed by atoms with Crippen molar-refractivity contribution in [1.29, 1.82) is 0 Å². The zero-order valence-corrected chi connectivity index (χ0v) is 16.4. The second kappa shape index (κ2) is 7.28. The van der Waals surface area contributed by atoms with E-state index in [4.69, 9.17) is 4.74 Å². The van der Waals surface area contributed by atoms with Crippen LogP contribution in [0.15, 0.2) is 36.4 Å². The highest BCUT2D eigenvalue weighted by atomic mass is 19.4. The summed E-state index contributed by atoms with van der Waals surface area (Å²) in [6.07, 6.45) is -4.60. The first-order valence-corrected chi connectivity index (χ1v) is 9.29. The van der Waals surface area contributed by atoms with Crippen molar-refractivity contribution >= 4 is 16.7 Å². The first-order valence-electron chi connectivity index (χ1n) is 9.29. The number of amides is 1. The Kier molecular flexibility index (Phi) is 5.32. The molecule has 3 rings (SSSR count). The standard InChI is InChI=1S/C21H25F3N2O2/c1-13(2)11-28-16-10-9-14-7-5-6-8-15(14)17(16)18(21(22,23)24)26-12-20(3,4)19(27)25-26/h5-10,13,18H,11-12H2,1-4H3,(H,25,27)/t18-/m0/s1. The first-order chi connectivity index (χ1) is 13.0. The minimum Gasteiger partial charge on any atom is -0.493 e. The lowest BCUT2D eigenvalue weighted by Crippen LogP contribution is -2.44. The Morgan fingerprint density at radius 3 is 2.43 bits per heavy atom. The van der Waals surface area contributed by atoms with Crippen molar-refractivity contribution in [3.8, 4) is 5.75 Å². The van der Waals surface area contributed by atoms with E-state index in [1.54, 1.807) is 50.2 Å². The molecule has 1 N–H and O–H groups in total. The summed E-state index contributed by atoms with van der Waals surface area (Å²) < 4.78 is 48.7. The van der Waals surface area contributed by atoms with Crippen molar-refractivity contribution in [2.45, 2.75) is 39.9 Å². The van der Waals surface area contributed by atoms with Crippen molar-refractivity contribution in [2.24, 2.45) is 11.3 Å². The number of carbonyl (C=O) groups is 1. The SMILES string of the molecule is CC(C)COc1ccc2ccccc2c1[C@H](N1CC(C)(C)C(=O)N1)C(F)(F)F. The number of halogens is 3. The fourth-order valence-electron chi connectivity index (χ4n) is 3.41. The van der Waals surface area contributed by atoms with Crippen LogP contribution in [0.5, 0.6) is 5.75 Å². The average molecular weight is 394 g/mol. The van der Waals surface area contributed by atoms with Crippen LogP contribution in [0.3, 0.4) is 0 Å². The van der Waals surface area contributed by atoms with Crippen LogP contribution in [-0.4, -0.2) is 30.2 Å². The van der Waals surface area contributed by atoms with Crippen molar-refractivity contribution in [1.82, 2.24) is 10.4 Å². The number of carbonyl (C=O) groups excluding carboxylic acids is 1. The topological polar surface area (TPSA) is 41.6 Å². The quantitative estimate of drug-likeness (QED) is 0.788. The van der Waals surface area contributed by atoms with E-state index in [0.717, 1.165) is 5.01 Å². The maximum absolute atomic E-state index is 14.3. The van der Waals surface area contributed by atoms with Gasteiger partial charge >= 0.3 is 6.18 Å². The molecule has 152 valence electrons. The number of benzene rings is 2. The predicted molar refractivity (Wildman–Crippen MR) is 102 cm³/mol. The molecule has 1 aliphatic rings. The molecule has 0 aliphatic carbocycles. The number of rotatable bonds is 5. The fourth-order valence-corrected chi connectivity index (χ4v) is 3.41. The normalized spacial score (nSPS) is 18.5. The molecule has 0 unspecified atom stereocenters. The molecular weight excluding hydrogens is 369 g/mol. The molecule has 1 aliphatic heterocycles. The Labute approximate surface area is 162 Å². The van der Waals surface area contributed by atoms with Crippen molar-refractivity contribution < 1.29 is 22.7 Å². The number of hydrazine groups is 1. The van der Waals surface area contributed by atoms with Crippen LogP contribution in [0.2, 0.25) is 0 Å². The van der Waals surface area contributed by atoms with Gasteiger partial charge in [0.05, 0.1) is 12.0 Å². The zero-order valence-electron chi connectivity index (χ0n) is 16.4. The molecule has 0 radical (unpaired) electrons. The van der Waals surface area contributed by atoms with Gasteiger partial charge in [0.25, 0.3) is 0 Å². The van der Waals surface area contributed by atoms with Gasteiger partial charge in [0.15, 0.2) is 6.04 Å². The van der Waals surface area contributed by atoms with Gasteiger partial charge in [-0.1, -0.05) is 44.2 Å². The van der Waals surface area contributed by atoms with Gasteiger partial charge < -0.3 is 4.74 Å². The van der Waals surface area contributed by atoms with Crippen molar-refractivity contribution in [2.75, 3.05) is 13.2 Å². The number of alkyl halides is 3. The Morgan fingerprint density at radius 2 is 1.86 bits per heavy atom. The summed E-state index contributed by atoms with van der Waals surface area (Å²) in [6, 6.07) is 8.25. The summed E-state index contributed by atoms with van der Waals surface area (Å²) >= 11 is 0. The van der Waals surface area contributed by atoms with Crippen molar-refractivity contribution in [3.05, 3.63) is 42.0 Å². The van der Waals surface area contributed by atoms with Gasteiger partial charge in [-0.25, -0.2) is 5.01 Å². The maximum Gasteiger partial charge on any atom is 0.410 e. The summed E-state index contributed by atoms with van der Waals surface area (Å²) in [5, 5.41) is 2.14. The molecule has 1 saturated heterocycles. The maximum atomic E-state index is 14.3. The monoisotopic (exact) mass is 394 g/mol. The molecule has 2 aromatic carbocycles. The number of nitrogens with zero attached hydrogens (tertiary/aromatic N) is 1. The summed E-state index contributed by atoms with van der Waals surface area (Å²) in [5.74, 6) is -0.0746. The average Bonchev–Trinajstić information content (AvgIpc) is 2.85. The van der Waals surface area contributed by atoms with Crippen LogP contribution in [0.4, 0.5) is 13.2 Å². The third kappa shape index (κ3) is 3.94. The van der Waals surface area contributed by atoms with Crippen molar-refractivity contribution in [3.63, 3.8) is 0 Å². The molecule has 0 spiro atoms. The molecule has 1 heterocycles. The Morgan fingerprint density at radius 1 is 1.18 bits per heavy atom.